The van der Waals surface area contributed by atoms with Gasteiger partial charge in [-0.15, -0.1) is 0 Å². The van der Waals surface area contributed by atoms with Crippen LogP contribution in [0, 0.1) is 5.82 Å². The summed E-state index contributed by atoms with van der Waals surface area (Å²) < 4.78 is 19.6. The summed E-state index contributed by atoms with van der Waals surface area (Å²) in [5, 5.41) is 15.9. The van der Waals surface area contributed by atoms with Gasteiger partial charge in [0.15, 0.2) is 0 Å². The lowest BCUT2D eigenvalue weighted by Crippen LogP contribution is -2.41. The van der Waals surface area contributed by atoms with Gasteiger partial charge >= 0.3 is 6.09 Å². The molecule has 1 fully saturated rings. The number of hydrogen-bond donors (Lipinski definition) is 3. The Morgan fingerprint density at radius 1 is 1.27 bits per heavy atom. The summed E-state index contributed by atoms with van der Waals surface area (Å²) in [6.07, 6.45) is 2.50. The van der Waals surface area contributed by atoms with Crippen LogP contribution in [-0.4, -0.2) is 24.3 Å². The summed E-state index contributed by atoms with van der Waals surface area (Å²) in [6.45, 7) is 1.62. The average Bonchev–Trinajstić information content (AvgIpc) is 2.60. The summed E-state index contributed by atoms with van der Waals surface area (Å²) in [6, 6.07) is 11.3. The highest BCUT2D eigenvalue weighted by Crippen LogP contribution is 2.30. The molecule has 26 heavy (non-hydrogen) atoms. The Labute approximate surface area is 152 Å². The lowest BCUT2D eigenvalue weighted by atomic mass is 9.93. The minimum Gasteiger partial charge on any atom is -0.410 e. The van der Waals surface area contributed by atoms with Crippen molar-refractivity contribution in [3.63, 3.8) is 0 Å². The predicted octanol–water partition coefficient (Wildman–Crippen LogP) is 3.52. The zero-order chi connectivity index (χ0) is 18.7. The number of rotatable bonds is 5. The van der Waals surface area contributed by atoms with Crippen LogP contribution in [0.15, 0.2) is 42.5 Å². The first kappa shape index (κ1) is 18.4. The van der Waals surface area contributed by atoms with Gasteiger partial charge in [-0.1, -0.05) is 18.2 Å². The van der Waals surface area contributed by atoms with Crippen LogP contribution in [0.5, 0.6) is 5.75 Å². The van der Waals surface area contributed by atoms with Crippen molar-refractivity contribution in [2.45, 2.75) is 38.0 Å². The Hall–Kier alpha value is -2.44. The van der Waals surface area contributed by atoms with Crippen molar-refractivity contribution in [2.24, 2.45) is 0 Å². The maximum absolute atomic E-state index is 14.3. The fourth-order valence-electron chi connectivity index (χ4n) is 2.78. The van der Waals surface area contributed by atoms with Gasteiger partial charge in [0.05, 0.1) is 0 Å². The molecule has 1 atom stereocenters. The van der Waals surface area contributed by atoms with Crippen LogP contribution in [0.25, 0.3) is 11.1 Å². The van der Waals surface area contributed by atoms with Gasteiger partial charge in [-0.25, -0.2) is 9.18 Å². The fraction of sp³-hybridized carbons (Fsp3) is 0.350. The summed E-state index contributed by atoms with van der Waals surface area (Å²) in [5.41, 5.74) is 0.252. The van der Waals surface area contributed by atoms with E-state index in [1.165, 1.54) is 18.2 Å². The number of aliphatic hydroxyl groups is 1. The van der Waals surface area contributed by atoms with E-state index in [1.807, 2.05) is 0 Å². The summed E-state index contributed by atoms with van der Waals surface area (Å²) in [4.78, 5) is 11.9. The van der Waals surface area contributed by atoms with Crippen molar-refractivity contribution in [2.75, 3.05) is 7.05 Å². The zero-order valence-electron chi connectivity index (χ0n) is 14.9. The van der Waals surface area contributed by atoms with E-state index in [1.54, 1.807) is 38.2 Å². The monoisotopic (exact) mass is 358 g/mol. The van der Waals surface area contributed by atoms with Gasteiger partial charge in [0, 0.05) is 11.6 Å². The third-order valence-corrected chi connectivity index (χ3v) is 4.80. The average molecular weight is 358 g/mol. The minimum atomic E-state index is -1.23. The Kier molecular flexibility index (Phi) is 5.25. The predicted molar refractivity (Wildman–Crippen MR) is 97.3 cm³/mol. The van der Waals surface area contributed by atoms with Crippen LogP contribution in [0.2, 0.25) is 0 Å². The molecule has 1 aliphatic carbocycles. The zero-order valence-corrected chi connectivity index (χ0v) is 14.9. The molecule has 0 aliphatic heterocycles. The molecule has 0 spiro atoms. The molecule has 138 valence electrons. The second-order valence-corrected chi connectivity index (χ2v) is 6.71. The Balaban J connectivity index is 1.83. The first-order valence-electron chi connectivity index (χ1n) is 8.69. The lowest BCUT2D eigenvalue weighted by molar-refractivity contribution is 0.0283. The van der Waals surface area contributed by atoms with Crippen molar-refractivity contribution >= 4 is 6.09 Å². The molecule has 0 saturated heterocycles. The number of hydrogen-bond acceptors (Lipinski definition) is 4. The van der Waals surface area contributed by atoms with Crippen LogP contribution in [0.3, 0.4) is 0 Å². The van der Waals surface area contributed by atoms with Gasteiger partial charge in [-0.3, -0.25) is 5.32 Å². The molecule has 3 N–H and O–H groups in total. The van der Waals surface area contributed by atoms with E-state index in [2.05, 4.69) is 10.6 Å². The molecule has 6 heteroatoms. The normalized spacial score (nSPS) is 16.5. The van der Waals surface area contributed by atoms with Crippen molar-refractivity contribution in [1.82, 2.24) is 10.6 Å². The van der Waals surface area contributed by atoms with Gasteiger partial charge in [0.25, 0.3) is 0 Å². The third-order valence-electron chi connectivity index (χ3n) is 4.80. The molecule has 0 bridgehead atoms. The van der Waals surface area contributed by atoms with Crippen LogP contribution in [0.4, 0.5) is 9.18 Å². The number of halogens is 1. The van der Waals surface area contributed by atoms with Crippen LogP contribution in [0.1, 0.15) is 31.7 Å². The number of nitrogens with one attached hydrogen (secondary N) is 2. The summed E-state index contributed by atoms with van der Waals surface area (Å²) in [5.74, 6) is -0.165. The summed E-state index contributed by atoms with van der Waals surface area (Å²) in [7, 11) is 1.64. The second-order valence-electron chi connectivity index (χ2n) is 6.71. The lowest BCUT2D eigenvalue weighted by Gasteiger charge is -2.25. The topological polar surface area (TPSA) is 70.6 Å². The van der Waals surface area contributed by atoms with Gasteiger partial charge in [0.1, 0.15) is 17.3 Å². The molecule has 2 aromatic rings. The second kappa shape index (κ2) is 7.43. The van der Waals surface area contributed by atoms with Crippen LogP contribution < -0.4 is 15.4 Å². The maximum Gasteiger partial charge on any atom is 0.412 e. The molecule has 0 radical (unpaired) electrons. The van der Waals surface area contributed by atoms with E-state index in [0.717, 1.165) is 19.3 Å². The number of ether oxygens (including phenoxy) is 1. The van der Waals surface area contributed by atoms with Gasteiger partial charge in [-0.2, -0.15) is 0 Å². The molecule has 0 unspecified atom stereocenters. The van der Waals surface area contributed by atoms with Gasteiger partial charge in [-0.05, 0) is 68.6 Å². The summed E-state index contributed by atoms with van der Waals surface area (Å²) >= 11 is 0. The van der Waals surface area contributed by atoms with Crippen LogP contribution in [-0.2, 0) is 5.72 Å². The van der Waals surface area contributed by atoms with E-state index in [4.69, 9.17) is 4.74 Å². The van der Waals surface area contributed by atoms with E-state index in [9.17, 15) is 14.3 Å². The van der Waals surface area contributed by atoms with E-state index >= 15 is 0 Å². The first-order chi connectivity index (χ1) is 12.4. The van der Waals surface area contributed by atoms with Gasteiger partial charge in [0.2, 0.25) is 0 Å². The van der Waals surface area contributed by atoms with E-state index in [0.29, 0.717) is 16.7 Å². The number of carbonyl (C=O) groups is 1. The molecule has 3 rings (SSSR count). The third kappa shape index (κ3) is 4.03. The van der Waals surface area contributed by atoms with Crippen molar-refractivity contribution < 1.29 is 19.0 Å². The fourth-order valence-corrected chi connectivity index (χ4v) is 2.78. The Morgan fingerprint density at radius 3 is 2.69 bits per heavy atom. The highest BCUT2D eigenvalue weighted by Gasteiger charge is 2.22. The quantitative estimate of drug-likeness (QED) is 0.715. The molecule has 5 nitrogen and oxygen atoms in total. The van der Waals surface area contributed by atoms with E-state index < -0.39 is 17.6 Å². The molecular formula is C20H23FN2O3. The number of amides is 1. The largest absolute Gasteiger partial charge is 0.412 e. The molecule has 1 aliphatic rings. The Morgan fingerprint density at radius 2 is 2.04 bits per heavy atom. The van der Waals surface area contributed by atoms with E-state index in [-0.39, 0.29) is 11.8 Å². The standard InChI is InChI=1S/C20H23FN2O3/c1-20(25,22-2)14-6-3-5-13(11-14)17-12-16(9-10-18(17)21)26-19(24)23-15-7-4-8-15/h3,5-6,9-12,15,22,25H,4,7-8H2,1-2H3,(H,23,24)/t20-/m0/s1. The van der Waals surface area contributed by atoms with Crippen molar-refractivity contribution in [3.05, 3.63) is 53.8 Å². The molecule has 1 amide bonds. The maximum atomic E-state index is 14.3. The molecule has 0 aromatic heterocycles. The van der Waals surface area contributed by atoms with Gasteiger partial charge < -0.3 is 15.2 Å². The molecule has 2 aromatic carbocycles. The molecule has 0 heterocycles. The minimum absolute atomic E-state index is 0.169. The highest BCUT2D eigenvalue weighted by molar-refractivity contribution is 5.73. The Bertz CT molecular complexity index is 803. The molecular weight excluding hydrogens is 335 g/mol. The first-order valence-corrected chi connectivity index (χ1v) is 8.69. The number of carbonyl (C=O) groups excluding carboxylic acids is 1. The van der Waals surface area contributed by atoms with Crippen LogP contribution >= 0.6 is 0 Å². The SMILES string of the molecule is CN[C@@](C)(O)c1cccc(-c2cc(OC(=O)NC3CCC3)ccc2F)c1. The van der Waals surface area contributed by atoms with Crippen molar-refractivity contribution in [1.29, 1.82) is 0 Å². The van der Waals surface area contributed by atoms with Crippen molar-refractivity contribution in [3.8, 4) is 16.9 Å². The highest BCUT2D eigenvalue weighted by atomic mass is 19.1. The smallest absolute Gasteiger partial charge is 0.410 e. The number of benzene rings is 2. The molecule has 1 saturated carbocycles.